The van der Waals surface area contributed by atoms with E-state index in [1.54, 1.807) is 14.0 Å². The molecule has 0 saturated heterocycles. The van der Waals surface area contributed by atoms with E-state index in [1.807, 2.05) is 6.92 Å². The minimum Gasteiger partial charge on any atom is -0.395 e. The molecular weight excluding hydrogens is 222 g/mol. The molecule has 0 unspecified atom stereocenters. The summed E-state index contributed by atoms with van der Waals surface area (Å²) >= 11 is 0. The van der Waals surface area contributed by atoms with Gasteiger partial charge in [-0.1, -0.05) is 0 Å². The zero-order chi connectivity index (χ0) is 13.0. The number of rotatable bonds is 4. The highest BCUT2D eigenvalue weighted by atomic mass is 16.2. The highest BCUT2D eigenvalue weighted by Gasteiger charge is 2.16. The second-order valence-corrected chi connectivity index (χ2v) is 3.70. The van der Waals surface area contributed by atoms with Gasteiger partial charge in [0.05, 0.1) is 17.9 Å². The van der Waals surface area contributed by atoms with Crippen LogP contribution >= 0.6 is 0 Å². The van der Waals surface area contributed by atoms with E-state index in [2.05, 4.69) is 15.5 Å². The van der Waals surface area contributed by atoms with Crippen molar-refractivity contribution in [1.82, 2.24) is 20.4 Å². The topological polar surface area (TPSA) is 104 Å². The number of aromatic nitrogens is 2. The highest BCUT2D eigenvalue weighted by molar-refractivity contribution is 5.99. The standard InChI is InChI=1S/C10H17N5O2/c1-4-15(3)7(16)5-12-10(17)9-8(11)6(2)13-14-9/h4-5,11H2,1-3H3,(H,12,17)(H,13,14). The van der Waals surface area contributed by atoms with Crippen molar-refractivity contribution in [3.63, 3.8) is 0 Å². The number of carbonyl (C=O) groups excluding carboxylic acids is 2. The second-order valence-electron chi connectivity index (χ2n) is 3.70. The van der Waals surface area contributed by atoms with Crippen LogP contribution in [-0.2, 0) is 4.79 Å². The summed E-state index contributed by atoms with van der Waals surface area (Å²) in [7, 11) is 1.67. The molecule has 1 rings (SSSR count). The fourth-order valence-corrected chi connectivity index (χ4v) is 1.16. The average molecular weight is 239 g/mol. The van der Waals surface area contributed by atoms with Gasteiger partial charge in [0.1, 0.15) is 0 Å². The van der Waals surface area contributed by atoms with Gasteiger partial charge in [0.15, 0.2) is 5.69 Å². The number of likely N-dealkylation sites (N-methyl/N-ethyl adjacent to an activating group) is 1. The van der Waals surface area contributed by atoms with Crippen LogP contribution in [0.4, 0.5) is 5.69 Å². The molecule has 7 heteroatoms. The van der Waals surface area contributed by atoms with Gasteiger partial charge in [-0.3, -0.25) is 14.7 Å². The first-order valence-electron chi connectivity index (χ1n) is 5.30. The van der Waals surface area contributed by atoms with Crippen LogP contribution in [0.3, 0.4) is 0 Å². The van der Waals surface area contributed by atoms with Crippen LogP contribution < -0.4 is 11.1 Å². The summed E-state index contributed by atoms with van der Waals surface area (Å²) in [4.78, 5) is 24.6. The van der Waals surface area contributed by atoms with Crippen molar-refractivity contribution in [2.75, 3.05) is 25.9 Å². The summed E-state index contributed by atoms with van der Waals surface area (Å²) in [6.07, 6.45) is 0. The molecular formula is C10H17N5O2. The van der Waals surface area contributed by atoms with E-state index in [1.165, 1.54) is 4.90 Å². The van der Waals surface area contributed by atoms with E-state index in [-0.39, 0.29) is 18.1 Å². The van der Waals surface area contributed by atoms with Crippen LogP contribution in [0.15, 0.2) is 0 Å². The normalized spacial score (nSPS) is 10.1. The van der Waals surface area contributed by atoms with Gasteiger partial charge in [0, 0.05) is 13.6 Å². The third-order valence-corrected chi connectivity index (χ3v) is 2.51. The van der Waals surface area contributed by atoms with Gasteiger partial charge in [-0.2, -0.15) is 5.10 Å². The first-order valence-corrected chi connectivity index (χ1v) is 5.30. The molecule has 0 radical (unpaired) electrons. The molecule has 1 heterocycles. The Hall–Kier alpha value is -2.05. The summed E-state index contributed by atoms with van der Waals surface area (Å²) in [5, 5.41) is 8.85. The zero-order valence-corrected chi connectivity index (χ0v) is 10.2. The largest absolute Gasteiger partial charge is 0.395 e. The Kier molecular flexibility index (Phi) is 4.08. The highest BCUT2D eigenvalue weighted by Crippen LogP contribution is 2.11. The van der Waals surface area contributed by atoms with Crippen molar-refractivity contribution in [3.8, 4) is 0 Å². The third kappa shape index (κ3) is 2.96. The number of carbonyl (C=O) groups is 2. The Balaban J connectivity index is 2.57. The first-order chi connectivity index (χ1) is 7.97. The van der Waals surface area contributed by atoms with Crippen molar-refractivity contribution in [2.45, 2.75) is 13.8 Å². The Morgan fingerprint density at radius 3 is 2.65 bits per heavy atom. The summed E-state index contributed by atoms with van der Waals surface area (Å²) in [5.74, 6) is -0.614. The van der Waals surface area contributed by atoms with Gasteiger partial charge in [0.2, 0.25) is 5.91 Å². The number of aromatic amines is 1. The van der Waals surface area contributed by atoms with Crippen molar-refractivity contribution in [2.24, 2.45) is 0 Å². The van der Waals surface area contributed by atoms with E-state index in [0.29, 0.717) is 17.9 Å². The van der Waals surface area contributed by atoms with Gasteiger partial charge in [-0.05, 0) is 13.8 Å². The molecule has 94 valence electrons. The molecule has 0 bridgehead atoms. The maximum absolute atomic E-state index is 11.6. The first kappa shape index (κ1) is 13.0. The number of nitrogen functional groups attached to an aromatic ring is 1. The van der Waals surface area contributed by atoms with Gasteiger partial charge < -0.3 is 16.0 Å². The maximum Gasteiger partial charge on any atom is 0.274 e. The molecule has 0 aliphatic heterocycles. The Morgan fingerprint density at radius 2 is 2.18 bits per heavy atom. The molecule has 0 fully saturated rings. The summed E-state index contributed by atoms with van der Waals surface area (Å²) in [6.45, 7) is 4.11. The van der Waals surface area contributed by atoms with E-state index < -0.39 is 5.91 Å². The summed E-state index contributed by atoms with van der Waals surface area (Å²) < 4.78 is 0. The SMILES string of the molecule is CCN(C)C(=O)CNC(=O)c1n[nH]c(C)c1N. The molecule has 0 saturated carbocycles. The Morgan fingerprint density at radius 1 is 1.53 bits per heavy atom. The number of aryl methyl sites for hydroxylation is 1. The minimum atomic E-state index is -0.454. The van der Waals surface area contributed by atoms with Crippen LogP contribution in [0, 0.1) is 6.92 Å². The Bertz CT molecular complexity index is 426. The molecule has 17 heavy (non-hydrogen) atoms. The van der Waals surface area contributed by atoms with E-state index >= 15 is 0 Å². The molecule has 1 aromatic heterocycles. The number of H-pyrrole nitrogens is 1. The van der Waals surface area contributed by atoms with E-state index in [9.17, 15) is 9.59 Å². The fourth-order valence-electron chi connectivity index (χ4n) is 1.16. The lowest BCUT2D eigenvalue weighted by Crippen LogP contribution is -2.38. The number of hydrogen-bond acceptors (Lipinski definition) is 4. The number of nitrogens with zero attached hydrogens (tertiary/aromatic N) is 2. The predicted octanol–water partition coefficient (Wildman–Crippen LogP) is -0.492. The van der Waals surface area contributed by atoms with Crippen LogP contribution in [0.1, 0.15) is 23.1 Å². The van der Waals surface area contributed by atoms with E-state index in [0.717, 1.165) is 0 Å². The van der Waals surface area contributed by atoms with Gasteiger partial charge in [-0.25, -0.2) is 0 Å². The monoisotopic (exact) mass is 239 g/mol. The number of amides is 2. The van der Waals surface area contributed by atoms with Crippen molar-refractivity contribution in [1.29, 1.82) is 0 Å². The van der Waals surface area contributed by atoms with Crippen molar-refractivity contribution >= 4 is 17.5 Å². The quantitative estimate of drug-likeness (QED) is 0.659. The smallest absolute Gasteiger partial charge is 0.274 e. The lowest BCUT2D eigenvalue weighted by molar-refractivity contribution is -0.128. The average Bonchev–Trinajstić information content (AvgIpc) is 2.65. The van der Waals surface area contributed by atoms with Gasteiger partial charge in [0.25, 0.3) is 5.91 Å². The van der Waals surface area contributed by atoms with Crippen LogP contribution in [0.25, 0.3) is 0 Å². The molecule has 0 aliphatic rings. The molecule has 0 aliphatic carbocycles. The Labute approximate surface area is 99.4 Å². The van der Waals surface area contributed by atoms with Crippen LogP contribution in [0.2, 0.25) is 0 Å². The second kappa shape index (κ2) is 5.33. The fraction of sp³-hybridized carbons (Fsp3) is 0.500. The third-order valence-electron chi connectivity index (χ3n) is 2.51. The molecule has 4 N–H and O–H groups in total. The van der Waals surface area contributed by atoms with Crippen LogP contribution in [0.5, 0.6) is 0 Å². The van der Waals surface area contributed by atoms with Crippen LogP contribution in [-0.4, -0.2) is 47.0 Å². The summed E-state index contributed by atoms with van der Waals surface area (Å²) in [6, 6.07) is 0. The minimum absolute atomic E-state index is 0.0610. The van der Waals surface area contributed by atoms with Crippen molar-refractivity contribution < 1.29 is 9.59 Å². The lowest BCUT2D eigenvalue weighted by Gasteiger charge is -2.14. The molecule has 2 amide bonds. The molecule has 0 aromatic carbocycles. The molecule has 0 atom stereocenters. The van der Waals surface area contributed by atoms with Crippen molar-refractivity contribution in [3.05, 3.63) is 11.4 Å². The van der Waals surface area contributed by atoms with E-state index in [4.69, 9.17) is 5.73 Å². The van der Waals surface area contributed by atoms with Gasteiger partial charge >= 0.3 is 0 Å². The number of nitrogens with one attached hydrogen (secondary N) is 2. The number of anilines is 1. The van der Waals surface area contributed by atoms with Gasteiger partial charge in [-0.15, -0.1) is 0 Å². The molecule has 7 nitrogen and oxygen atoms in total. The molecule has 1 aromatic rings. The predicted molar refractivity (Wildman–Crippen MR) is 63.4 cm³/mol. The number of nitrogens with two attached hydrogens (primary N) is 1. The zero-order valence-electron chi connectivity index (χ0n) is 10.2. The lowest BCUT2D eigenvalue weighted by atomic mass is 10.3. The number of hydrogen-bond donors (Lipinski definition) is 3. The molecule has 0 spiro atoms. The summed E-state index contributed by atoms with van der Waals surface area (Å²) in [5.41, 5.74) is 6.70. The maximum atomic E-state index is 11.6.